The van der Waals surface area contributed by atoms with E-state index in [9.17, 15) is 8.42 Å². The summed E-state index contributed by atoms with van der Waals surface area (Å²) in [6.07, 6.45) is 1.63. The fourth-order valence-electron chi connectivity index (χ4n) is 2.36. The van der Waals surface area contributed by atoms with E-state index in [2.05, 4.69) is 20.6 Å². The molecule has 9 heteroatoms. The van der Waals surface area contributed by atoms with Crippen molar-refractivity contribution < 1.29 is 13.2 Å². The molecule has 1 aromatic heterocycles. The Hall–Kier alpha value is -2.23. The highest BCUT2D eigenvalue weighted by molar-refractivity contribution is 7.89. The number of anilines is 2. The maximum absolute atomic E-state index is 11.3. The second kappa shape index (κ2) is 9.46. The number of nitrogens with one attached hydrogen (secondary N) is 2. The normalized spacial score (nSPS) is 11.3. The van der Waals surface area contributed by atoms with Crippen molar-refractivity contribution in [3.63, 3.8) is 0 Å². The summed E-state index contributed by atoms with van der Waals surface area (Å²) in [6, 6.07) is 8.41. The largest absolute Gasteiger partial charge is 0.385 e. The number of nitrogens with zero attached hydrogens (tertiary/aromatic N) is 2. The molecule has 1 heterocycles. The maximum atomic E-state index is 11.3. The van der Waals surface area contributed by atoms with Crippen molar-refractivity contribution in [1.82, 2.24) is 9.97 Å². The predicted molar refractivity (Wildman–Crippen MR) is 102 cm³/mol. The zero-order valence-corrected chi connectivity index (χ0v) is 15.8. The van der Waals surface area contributed by atoms with Crippen LogP contribution in [-0.2, 0) is 21.2 Å². The molecule has 0 spiro atoms. The van der Waals surface area contributed by atoms with Crippen LogP contribution in [0.4, 0.5) is 11.6 Å². The van der Waals surface area contributed by atoms with E-state index in [-0.39, 0.29) is 4.90 Å². The van der Waals surface area contributed by atoms with Gasteiger partial charge in [-0.3, -0.25) is 0 Å². The summed E-state index contributed by atoms with van der Waals surface area (Å²) in [7, 11) is -1.97. The lowest BCUT2D eigenvalue weighted by Crippen LogP contribution is -2.12. The molecule has 0 unspecified atom stereocenters. The van der Waals surface area contributed by atoms with Gasteiger partial charge in [0.15, 0.2) is 0 Å². The summed E-state index contributed by atoms with van der Waals surface area (Å²) in [5.74, 6) is 2.20. The van der Waals surface area contributed by atoms with Crippen molar-refractivity contribution in [3.05, 3.63) is 41.7 Å². The zero-order chi connectivity index (χ0) is 19.0. The number of aryl methyl sites for hydroxylation is 1. The number of rotatable bonds is 10. The van der Waals surface area contributed by atoms with E-state index in [1.54, 1.807) is 19.2 Å². The van der Waals surface area contributed by atoms with Crippen molar-refractivity contribution in [2.24, 2.45) is 5.14 Å². The highest BCUT2D eigenvalue weighted by Crippen LogP contribution is 2.12. The van der Waals surface area contributed by atoms with Crippen LogP contribution in [0.5, 0.6) is 0 Å². The number of ether oxygens (including phenoxy) is 1. The van der Waals surface area contributed by atoms with Gasteiger partial charge in [0.2, 0.25) is 10.0 Å². The van der Waals surface area contributed by atoms with Gasteiger partial charge in [-0.05, 0) is 37.5 Å². The van der Waals surface area contributed by atoms with Crippen LogP contribution in [-0.4, -0.2) is 45.2 Å². The number of nitrogens with two attached hydrogens (primary N) is 1. The Morgan fingerprint density at radius 2 is 1.69 bits per heavy atom. The molecule has 142 valence electrons. The van der Waals surface area contributed by atoms with Gasteiger partial charge in [0.05, 0.1) is 4.90 Å². The lowest BCUT2D eigenvalue weighted by Gasteiger charge is -2.10. The number of aromatic nitrogens is 2. The first kappa shape index (κ1) is 20.1. The monoisotopic (exact) mass is 379 g/mol. The first-order chi connectivity index (χ1) is 12.4. The fourth-order valence-corrected chi connectivity index (χ4v) is 2.88. The van der Waals surface area contributed by atoms with Crippen LogP contribution in [0.1, 0.15) is 17.8 Å². The third kappa shape index (κ3) is 6.58. The number of methoxy groups -OCH3 is 1. The number of hydrogen-bond donors (Lipinski definition) is 3. The topological polar surface area (TPSA) is 119 Å². The van der Waals surface area contributed by atoms with Crippen molar-refractivity contribution in [2.45, 2.75) is 24.7 Å². The summed E-state index contributed by atoms with van der Waals surface area (Å²) in [5, 5.41) is 11.6. The van der Waals surface area contributed by atoms with E-state index in [1.165, 1.54) is 12.1 Å². The number of primary sulfonamides is 1. The third-order valence-corrected chi connectivity index (χ3v) is 4.57. The Balaban J connectivity index is 1.87. The molecular weight excluding hydrogens is 354 g/mol. The molecule has 4 N–H and O–H groups in total. The molecule has 0 atom stereocenters. The smallest absolute Gasteiger partial charge is 0.238 e. The molecule has 0 aliphatic rings. The van der Waals surface area contributed by atoms with Crippen LogP contribution in [0.2, 0.25) is 0 Å². The van der Waals surface area contributed by atoms with Gasteiger partial charge in [-0.2, -0.15) is 0 Å². The minimum atomic E-state index is -3.65. The van der Waals surface area contributed by atoms with Crippen molar-refractivity contribution >= 4 is 21.7 Å². The molecule has 0 saturated carbocycles. The number of sulfonamides is 1. The first-order valence-corrected chi connectivity index (χ1v) is 9.87. The standard InChI is InChI=1S/C17H25N5O3S/c1-13-21-16(19-9-3-11-25-2)12-17(22-13)20-10-8-14-4-6-15(7-5-14)26(18,23)24/h4-7,12H,3,8-11H2,1-2H3,(H2,18,23,24)(H2,19,20,21,22). The zero-order valence-electron chi connectivity index (χ0n) is 15.0. The average Bonchev–Trinajstić information content (AvgIpc) is 2.58. The van der Waals surface area contributed by atoms with Gasteiger partial charge < -0.3 is 15.4 Å². The summed E-state index contributed by atoms with van der Waals surface area (Å²) >= 11 is 0. The number of benzene rings is 1. The highest BCUT2D eigenvalue weighted by atomic mass is 32.2. The van der Waals surface area contributed by atoms with E-state index in [1.807, 2.05) is 13.0 Å². The molecule has 2 rings (SSSR count). The van der Waals surface area contributed by atoms with Gasteiger partial charge in [0.1, 0.15) is 17.5 Å². The molecular formula is C17H25N5O3S. The van der Waals surface area contributed by atoms with Crippen molar-refractivity contribution in [3.8, 4) is 0 Å². The van der Waals surface area contributed by atoms with E-state index in [0.29, 0.717) is 19.0 Å². The second-order valence-electron chi connectivity index (χ2n) is 5.82. The van der Waals surface area contributed by atoms with Gasteiger partial charge >= 0.3 is 0 Å². The molecule has 2 aromatic rings. The Morgan fingerprint density at radius 3 is 2.27 bits per heavy atom. The second-order valence-corrected chi connectivity index (χ2v) is 7.39. The van der Waals surface area contributed by atoms with Crippen LogP contribution >= 0.6 is 0 Å². The van der Waals surface area contributed by atoms with Crippen LogP contribution in [0.25, 0.3) is 0 Å². The van der Waals surface area contributed by atoms with Crippen LogP contribution < -0.4 is 15.8 Å². The lowest BCUT2D eigenvalue weighted by molar-refractivity contribution is 0.198. The third-order valence-electron chi connectivity index (χ3n) is 3.64. The van der Waals surface area contributed by atoms with Gasteiger partial charge in [-0.25, -0.2) is 23.5 Å². The summed E-state index contributed by atoms with van der Waals surface area (Å²) in [6.45, 7) is 3.98. The molecule has 1 aromatic carbocycles. The molecule has 8 nitrogen and oxygen atoms in total. The molecule has 0 fully saturated rings. The molecule has 0 bridgehead atoms. The molecule has 0 saturated heterocycles. The van der Waals surface area contributed by atoms with Gasteiger partial charge in [0.25, 0.3) is 0 Å². The SMILES string of the molecule is COCCCNc1cc(NCCc2ccc(S(N)(=O)=O)cc2)nc(C)n1. The predicted octanol–water partition coefficient (Wildman–Crippen LogP) is 1.54. The quantitative estimate of drug-likeness (QED) is 0.536. The molecule has 0 aliphatic carbocycles. The maximum Gasteiger partial charge on any atom is 0.238 e. The van der Waals surface area contributed by atoms with Gasteiger partial charge in [0, 0.05) is 32.9 Å². The number of hydrogen-bond acceptors (Lipinski definition) is 7. The summed E-state index contributed by atoms with van der Waals surface area (Å²) in [5.41, 5.74) is 1.01. The Bertz CT molecular complexity index is 810. The first-order valence-electron chi connectivity index (χ1n) is 8.32. The average molecular weight is 379 g/mol. The van der Waals surface area contributed by atoms with Gasteiger partial charge in [-0.15, -0.1) is 0 Å². The Morgan fingerprint density at radius 1 is 1.08 bits per heavy atom. The highest BCUT2D eigenvalue weighted by Gasteiger charge is 2.07. The molecule has 26 heavy (non-hydrogen) atoms. The Labute approximate surface area is 154 Å². The molecule has 0 amide bonds. The summed E-state index contributed by atoms with van der Waals surface area (Å²) in [4.78, 5) is 8.85. The fraction of sp³-hybridized carbons (Fsp3) is 0.412. The Kier molecular flexibility index (Phi) is 7.31. The van der Waals surface area contributed by atoms with E-state index in [4.69, 9.17) is 9.88 Å². The molecule has 0 aliphatic heterocycles. The van der Waals surface area contributed by atoms with E-state index < -0.39 is 10.0 Å². The van der Waals surface area contributed by atoms with Crippen molar-refractivity contribution in [1.29, 1.82) is 0 Å². The minimum Gasteiger partial charge on any atom is -0.385 e. The molecule has 0 radical (unpaired) electrons. The lowest BCUT2D eigenvalue weighted by atomic mass is 10.1. The minimum absolute atomic E-state index is 0.116. The van der Waals surface area contributed by atoms with Crippen LogP contribution in [0.15, 0.2) is 35.2 Å². The van der Waals surface area contributed by atoms with Crippen LogP contribution in [0.3, 0.4) is 0 Å². The van der Waals surface area contributed by atoms with E-state index >= 15 is 0 Å². The van der Waals surface area contributed by atoms with Gasteiger partial charge in [-0.1, -0.05) is 12.1 Å². The van der Waals surface area contributed by atoms with Crippen LogP contribution in [0, 0.1) is 6.92 Å². The van der Waals surface area contributed by atoms with Crippen molar-refractivity contribution in [2.75, 3.05) is 37.4 Å². The summed E-state index contributed by atoms with van der Waals surface area (Å²) < 4.78 is 27.5. The van der Waals surface area contributed by atoms with E-state index in [0.717, 1.165) is 36.6 Å².